The SMILES string of the molecule is CC12CC1(O)OC(CO)=C(O)C2O. The van der Waals surface area contributed by atoms with Crippen molar-refractivity contribution in [2.45, 2.75) is 25.2 Å². The summed E-state index contributed by atoms with van der Waals surface area (Å²) in [5, 5.41) is 37.3. The van der Waals surface area contributed by atoms with E-state index < -0.39 is 23.9 Å². The fraction of sp³-hybridized carbons (Fsp3) is 0.750. The van der Waals surface area contributed by atoms with Gasteiger partial charge in [0, 0.05) is 6.42 Å². The highest BCUT2D eigenvalue weighted by atomic mass is 16.7. The monoisotopic (exact) mass is 188 g/mol. The molecule has 1 aliphatic heterocycles. The molecular formula is C8H12O5. The van der Waals surface area contributed by atoms with Crippen LogP contribution in [-0.2, 0) is 4.74 Å². The van der Waals surface area contributed by atoms with Crippen molar-refractivity contribution in [3.05, 3.63) is 11.5 Å². The van der Waals surface area contributed by atoms with Gasteiger partial charge in [-0.2, -0.15) is 0 Å². The van der Waals surface area contributed by atoms with Crippen LogP contribution in [0.3, 0.4) is 0 Å². The summed E-state index contributed by atoms with van der Waals surface area (Å²) < 4.78 is 4.96. The molecule has 1 aliphatic carbocycles. The quantitative estimate of drug-likeness (QED) is 0.434. The van der Waals surface area contributed by atoms with Gasteiger partial charge in [-0.1, -0.05) is 6.92 Å². The lowest BCUT2D eigenvalue weighted by molar-refractivity contribution is -0.164. The molecule has 1 fully saturated rings. The van der Waals surface area contributed by atoms with Crippen molar-refractivity contribution in [2.24, 2.45) is 5.41 Å². The Hall–Kier alpha value is -0.780. The summed E-state index contributed by atoms with van der Waals surface area (Å²) in [6, 6.07) is 0. The van der Waals surface area contributed by atoms with Crippen molar-refractivity contribution in [1.82, 2.24) is 0 Å². The van der Waals surface area contributed by atoms with Crippen molar-refractivity contribution in [1.29, 1.82) is 0 Å². The average molecular weight is 188 g/mol. The minimum atomic E-state index is -1.42. The predicted octanol–water partition coefficient (Wildman–Crippen LogP) is -0.762. The summed E-state index contributed by atoms with van der Waals surface area (Å²) in [6.07, 6.45) is -0.900. The molecule has 0 saturated heterocycles. The van der Waals surface area contributed by atoms with Crippen LogP contribution >= 0.6 is 0 Å². The first-order chi connectivity index (χ1) is 5.94. The van der Waals surface area contributed by atoms with Gasteiger partial charge in [-0.3, -0.25) is 0 Å². The molecule has 2 rings (SSSR count). The van der Waals surface area contributed by atoms with Gasteiger partial charge in [0.1, 0.15) is 12.7 Å². The highest BCUT2D eigenvalue weighted by Crippen LogP contribution is 2.63. The molecule has 1 heterocycles. The predicted molar refractivity (Wildman–Crippen MR) is 41.5 cm³/mol. The largest absolute Gasteiger partial charge is 0.506 e. The number of hydrogen-bond acceptors (Lipinski definition) is 5. The first kappa shape index (κ1) is 8.80. The van der Waals surface area contributed by atoms with Crippen LogP contribution in [0, 0.1) is 5.41 Å². The van der Waals surface area contributed by atoms with Gasteiger partial charge in [0.25, 0.3) is 0 Å². The summed E-state index contributed by atoms with van der Waals surface area (Å²) in [6.45, 7) is 1.09. The molecule has 3 unspecified atom stereocenters. The maximum Gasteiger partial charge on any atom is 0.217 e. The minimum absolute atomic E-state index is 0.148. The van der Waals surface area contributed by atoms with Crippen LogP contribution in [0.25, 0.3) is 0 Å². The molecule has 2 aliphatic rings. The Morgan fingerprint density at radius 1 is 1.62 bits per heavy atom. The van der Waals surface area contributed by atoms with E-state index in [0.717, 1.165) is 0 Å². The van der Waals surface area contributed by atoms with Crippen LogP contribution < -0.4 is 0 Å². The van der Waals surface area contributed by atoms with Crippen LogP contribution in [0.4, 0.5) is 0 Å². The standard InChI is InChI=1S/C8H12O5/c1-7-3-8(7,12)13-4(2-9)5(10)6(7)11/h6,9-12H,2-3H2,1H3. The zero-order chi connectivity index (χ0) is 9.85. The van der Waals surface area contributed by atoms with Gasteiger partial charge in [0.2, 0.25) is 5.79 Å². The minimum Gasteiger partial charge on any atom is -0.506 e. The van der Waals surface area contributed by atoms with E-state index in [0.29, 0.717) is 0 Å². The Kier molecular flexibility index (Phi) is 1.47. The molecule has 4 N–H and O–H groups in total. The zero-order valence-electron chi connectivity index (χ0n) is 7.19. The van der Waals surface area contributed by atoms with Crippen LogP contribution in [0.2, 0.25) is 0 Å². The molecule has 0 radical (unpaired) electrons. The number of rotatable bonds is 1. The van der Waals surface area contributed by atoms with Crippen LogP contribution in [0.5, 0.6) is 0 Å². The van der Waals surface area contributed by atoms with E-state index in [-0.39, 0.29) is 17.9 Å². The molecule has 13 heavy (non-hydrogen) atoms. The molecule has 0 bridgehead atoms. The highest BCUT2D eigenvalue weighted by Gasteiger charge is 2.74. The van der Waals surface area contributed by atoms with Crippen molar-refractivity contribution in [3.8, 4) is 0 Å². The normalized spacial score (nSPS) is 48.5. The van der Waals surface area contributed by atoms with E-state index in [2.05, 4.69) is 0 Å². The number of aliphatic hydroxyl groups excluding tert-OH is 3. The highest BCUT2D eigenvalue weighted by molar-refractivity contribution is 5.26. The van der Waals surface area contributed by atoms with E-state index in [4.69, 9.17) is 9.84 Å². The van der Waals surface area contributed by atoms with E-state index in [1.165, 1.54) is 0 Å². The lowest BCUT2D eigenvalue weighted by Gasteiger charge is -2.30. The molecule has 5 heteroatoms. The molecule has 0 aromatic heterocycles. The zero-order valence-corrected chi connectivity index (χ0v) is 7.19. The first-order valence-corrected chi connectivity index (χ1v) is 4.07. The number of fused-ring (bicyclic) bond motifs is 1. The van der Waals surface area contributed by atoms with E-state index in [1.54, 1.807) is 6.92 Å². The summed E-state index contributed by atoms with van der Waals surface area (Å²) in [5.74, 6) is -1.95. The van der Waals surface area contributed by atoms with Crippen LogP contribution in [-0.4, -0.2) is 38.9 Å². The van der Waals surface area contributed by atoms with Crippen molar-refractivity contribution >= 4 is 0 Å². The first-order valence-electron chi connectivity index (χ1n) is 4.07. The van der Waals surface area contributed by atoms with Crippen molar-refractivity contribution < 1.29 is 25.2 Å². The fourth-order valence-electron chi connectivity index (χ4n) is 1.74. The summed E-state index contributed by atoms with van der Waals surface area (Å²) in [7, 11) is 0. The third-order valence-corrected chi connectivity index (χ3v) is 2.96. The molecule has 74 valence electrons. The molecule has 0 aromatic rings. The lowest BCUT2D eigenvalue weighted by atomic mass is 9.96. The Bertz CT molecular complexity index is 286. The molecule has 0 spiro atoms. The lowest BCUT2D eigenvalue weighted by Crippen LogP contribution is -2.38. The van der Waals surface area contributed by atoms with Crippen LogP contribution in [0.15, 0.2) is 11.5 Å². The smallest absolute Gasteiger partial charge is 0.217 e. The van der Waals surface area contributed by atoms with Gasteiger partial charge in [0.05, 0.1) is 5.41 Å². The van der Waals surface area contributed by atoms with Gasteiger partial charge in [-0.15, -0.1) is 0 Å². The van der Waals surface area contributed by atoms with Gasteiger partial charge in [-0.25, -0.2) is 0 Å². The second-order valence-corrected chi connectivity index (χ2v) is 3.85. The Balaban J connectivity index is 2.36. The number of aliphatic hydroxyl groups is 4. The van der Waals surface area contributed by atoms with E-state index >= 15 is 0 Å². The molecule has 3 atom stereocenters. The third-order valence-electron chi connectivity index (χ3n) is 2.96. The van der Waals surface area contributed by atoms with Gasteiger partial charge < -0.3 is 25.2 Å². The second kappa shape index (κ2) is 2.17. The average Bonchev–Trinajstić information content (AvgIpc) is 2.64. The molecule has 0 amide bonds. The van der Waals surface area contributed by atoms with Crippen molar-refractivity contribution in [2.75, 3.05) is 6.61 Å². The van der Waals surface area contributed by atoms with Crippen LogP contribution in [0.1, 0.15) is 13.3 Å². The molecular weight excluding hydrogens is 176 g/mol. The summed E-state index contributed by atoms with van der Waals surface area (Å²) in [5.41, 5.74) is -0.838. The summed E-state index contributed by atoms with van der Waals surface area (Å²) in [4.78, 5) is 0. The Labute approximate surface area is 74.9 Å². The Morgan fingerprint density at radius 2 is 2.23 bits per heavy atom. The molecule has 1 saturated carbocycles. The number of ether oxygens (including phenoxy) is 1. The van der Waals surface area contributed by atoms with Crippen molar-refractivity contribution in [3.63, 3.8) is 0 Å². The Morgan fingerprint density at radius 3 is 2.77 bits per heavy atom. The topological polar surface area (TPSA) is 90.2 Å². The van der Waals surface area contributed by atoms with E-state index in [9.17, 15) is 15.3 Å². The maximum atomic E-state index is 9.66. The van der Waals surface area contributed by atoms with Gasteiger partial charge in [-0.05, 0) is 0 Å². The summed E-state index contributed by atoms with van der Waals surface area (Å²) >= 11 is 0. The fourth-order valence-corrected chi connectivity index (χ4v) is 1.74. The van der Waals surface area contributed by atoms with E-state index in [1.807, 2.05) is 0 Å². The molecule has 5 nitrogen and oxygen atoms in total. The number of hydrogen-bond donors (Lipinski definition) is 4. The molecule has 0 aromatic carbocycles. The van der Waals surface area contributed by atoms with Gasteiger partial charge >= 0.3 is 0 Å². The second-order valence-electron chi connectivity index (χ2n) is 3.85. The third kappa shape index (κ3) is 0.864. The van der Waals surface area contributed by atoms with Gasteiger partial charge in [0.15, 0.2) is 11.5 Å². The maximum absolute atomic E-state index is 9.66.